The number of rotatable bonds is 4. The minimum Gasteiger partial charge on any atom is -0.323 e. The first-order valence-corrected chi connectivity index (χ1v) is 7.51. The highest BCUT2D eigenvalue weighted by Crippen LogP contribution is 2.38. The van der Waals surface area contributed by atoms with Crippen LogP contribution < -0.4 is 0 Å². The first-order valence-electron chi connectivity index (χ1n) is 6.98. The monoisotopic (exact) mass is 319 g/mol. The largest absolute Gasteiger partial charge is 0.343 e. The van der Waals surface area contributed by atoms with Crippen LogP contribution in [0.4, 0.5) is 4.79 Å². The van der Waals surface area contributed by atoms with Gasteiger partial charge in [0, 0.05) is 30.0 Å². The third-order valence-electron chi connectivity index (χ3n) is 4.04. The van der Waals surface area contributed by atoms with Gasteiger partial charge in [-0.1, -0.05) is 0 Å². The first-order chi connectivity index (χ1) is 9.56. The number of urea groups is 1. The molecular weight excluding hydrogens is 296 g/mol. The molecule has 1 radical (unpaired) electrons. The number of nitroso groups, excluding NO2 is 1. The lowest BCUT2D eigenvalue weighted by atomic mass is 9.78. The summed E-state index contributed by atoms with van der Waals surface area (Å²) >= 11 is 5.56. The lowest BCUT2D eigenvalue weighted by Gasteiger charge is -2.51. The Morgan fingerprint density at radius 1 is 1.29 bits per heavy atom. The van der Waals surface area contributed by atoms with Gasteiger partial charge in [0.15, 0.2) is 0 Å². The number of carbonyl (C=O) groups is 1. The van der Waals surface area contributed by atoms with E-state index >= 15 is 0 Å². The van der Waals surface area contributed by atoms with Crippen LogP contribution in [0.2, 0.25) is 0 Å². The summed E-state index contributed by atoms with van der Waals surface area (Å²) < 4.78 is 0. The lowest BCUT2D eigenvalue weighted by molar-refractivity contribution is -0.293. The predicted molar refractivity (Wildman–Crippen MR) is 80.1 cm³/mol. The van der Waals surface area contributed by atoms with Gasteiger partial charge in [0.05, 0.1) is 11.8 Å². The van der Waals surface area contributed by atoms with E-state index in [1.165, 1.54) is 4.90 Å². The second kappa shape index (κ2) is 6.46. The van der Waals surface area contributed by atoms with Crippen molar-refractivity contribution in [3.63, 3.8) is 0 Å². The molecule has 0 spiro atoms. The lowest BCUT2D eigenvalue weighted by Crippen LogP contribution is -2.63. The smallest absolute Gasteiger partial charge is 0.323 e. The van der Waals surface area contributed by atoms with E-state index in [0.29, 0.717) is 12.8 Å². The van der Waals surface area contributed by atoms with Gasteiger partial charge >= 0.3 is 6.03 Å². The van der Waals surface area contributed by atoms with E-state index in [4.69, 9.17) is 11.6 Å². The molecule has 21 heavy (non-hydrogen) atoms. The van der Waals surface area contributed by atoms with E-state index in [-0.39, 0.29) is 18.5 Å². The van der Waals surface area contributed by atoms with Gasteiger partial charge in [-0.25, -0.2) is 4.79 Å². The van der Waals surface area contributed by atoms with Crippen molar-refractivity contribution in [3.8, 4) is 0 Å². The number of hydroxylamine groups is 2. The maximum absolute atomic E-state index is 12.3. The number of halogens is 1. The van der Waals surface area contributed by atoms with Crippen LogP contribution in [0.25, 0.3) is 0 Å². The maximum atomic E-state index is 12.3. The molecule has 1 fully saturated rings. The summed E-state index contributed by atoms with van der Waals surface area (Å²) in [6.07, 6.45) is 1.07. The van der Waals surface area contributed by atoms with E-state index in [1.807, 2.05) is 27.7 Å². The molecule has 0 aliphatic carbocycles. The van der Waals surface area contributed by atoms with Gasteiger partial charge in [-0.05, 0) is 40.5 Å². The molecule has 0 aromatic heterocycles. The molecule has 1 heterocycles. The summed E-state index contributed by atoms with van der Waals surface area (Å²) in [5, 5.41) is 16.9. The van der Waals surface area contributed by atoms with E-state index in [1.54, 1.807) is 7.05 Å². The fraction of sp³-hybridized carbons (Fsp3) is 0.923. The summed E-state index contributed by atoms with van der Waals surface area (Å²) in [6, 6.07) is -0.617. The fourth-order valence-electron chi connectivity index (χ4n) is 3.07. The molecule has 0 N–H and O–H groups in total. The molecule has 1 aliphatic heterocycles. The Labute approximate surface area is 130 Å². The van der Waals surface area contributed by atoms with Gasteiger partial charge in [0.25, 0.3) is 0 Å². The highest BCUT2D eigenvalue weighted by Gasteiger charge is 2.48. The second-order valence-corrected chi connectivity index (χ2v) is 7.15. The summed E-state index contributed by atoms with van der Waals surface area (Å²) in [5.74, 6) is 0.140. The van der Waals surface area contributed by atoms with Crippen molar-refractivity contribution in [3.05, 3.63) is 4.91 Å². The molecule has 1 aliphatic rings. The standard InChI is InChI=1S/C13H24ClN4O3/c1-12(2)8-10(9-13(3,4)18(12)21)16(5)11(19)17(15-20)7-6-14/h10H,6-9H2,1-5H3. The Morgan fingerprint density at radius 2 is 1.76 bits per heavy atom. The summed E-state index contributed by atoms with van der Waals surface area (Å²) in [4.78, 5) is 24.5. The van der Waals surface area contributed by atoms with Gasteiger partial charge in [0.2, 0.25) is 0 Å². The Bertz CT molecular complexity index is 385. The van der Waals surface area contributed by atoms with Crippen molar-refractivity contribution in [2.24, 2.45) is 5.29 Å². The molecule has 7 nitrogen and oxygen atoms in total. The first kappa shape index (κ1) is 18.1. The highest BCUT2D eigenvalue weighted by atomic mass is 35.5. The third kappa shape index (κ3) is 3.84. The molecule has 0 aromatic carbocycles. The van der Waals surface area contributed by atoms with Crippen LogP contribution in [0.5, 0.6) is 0 Å². The summed E-state index contributed by atoms with van der Waals surface area (Å²) in [7, 11) is 1.63. The van der Waals surface area contributed by atoms with Crippen molar-refractivity contribution >= 4 is 17.6 Å². The zero-order valence-corrected chi connectivity index (χ0v) is 14.1. The molecule has 0 unspecified atom stereocenters. The number of hydrogen-bond donors (Lipinski definition) is 0. The van der Waals surface area contributed by atoms with Gasteiger partial charge in [-0.3, -0.25) is 0 Å². The van der Waals surface area contributed by atoms with E-state index in [2.05, 4.69) is 5.29 Å². The van der Waals surface area contributed by atoms with Gasteiger partial charge in [-0.15, -0.1) is 26.8 Å². The molecule has 0 saturated carbocycles. The van der Waals surface area contributed by atoms with Crippen molar-refractivity contribution in [1.82, 2.24) is 15.0 Å². The zero-order valence-electron chi connectivity index (χ0n) is 13.3. The fourth-order valence-corrected chi connectivity index (χ4v) is 3.23. The van der Waals surface area contributed by atoms with Gasteiger partial charge in [0.1, 0.15) is 0 Å². The summed E-state index contributed by atoms with van der Waals surface area (Å²) in [6.45, 7) is 7.52. The van der Waals surface area contributed by atoms with Crippen LogP contribution in [-0.4, -0.2) is 57.6 Å². The van der Waals surface area contributed by atoms with Gasteiger partial charge in [-0.2, -0.15) is 5.01 Å². The maximum Gasteiger partial charge on any atom is 0.343 e. The van der Waals surface area contributed by atoms with Crippen LogP contribution in [0.15, 0.2) is 5.29 Å². The normalized spacial score (nSPS) is 21.9. The van der Waals surface area contributed by atoms with Crippen LogP contribution >= 0.6 is 11.6 Å². The molecule has 8 heteroatoms. The van der Waals surface area contributed by atoms with Crippen LogP contribution in [-0.2, 0) is 5.21 Å². The molecular formula is C13H24ClN4O3. The Kier molecular flexibility index (Phi) is 5.57. The number of carbonyl (C=O) groups excluding carboxylic acids is 1. The summed E-state index contributed by atoms with van der Waals surface area (Å²) in [5.41, 5.74) is -1.15. The van der Waals surface area contributed by atoms with Crippen LogP contribution in [0.1, 0.15) is 40.5 Å². The average molecular weight is 320 g/mol. The number of nitrogens with zero attached hydrogens (tertiary/aromatic N) is 4. The van der Waals surface area contributed by atoms with E-state index < -0.39 is 17.1 Å². The number of piperidine rings is 1. The molecule has 0 aromatic rings. The van der Waals surface area contributed by atoms with Crippen molar-refractivity contribution in [1.29, 1.82) is 0 Å². The topological polar surface area (TPSA) is 76.1 Å². The minimum absolute atomic E-state index is 0.0708. The highest BCUT2D eigenvalue weighted by molar-refractivity contribution is 6.18. The molecule has 1 rings (SSSR count). The molecule has 0 bridgehead atoms. The second-order valence-electron chi connectivity index (χ2n) is 6.77. The van der Waals surface area contributed by atoms with E-state index in [0.717, 1.165) is 10.1 Å². The van der Waals surface area contributed by atoms with Gasteiger partial charge < -0.3 is 4.90 Å². The predicted octanol–water partition coefficient (Wildman–Crippen LogP) is 2.63. The minimum atomic E-state index is -0.577. The molecule has 1 saturated heterocycles. The number of amides is 2. The molecule has 121 valence electrons. The Morgan fingerprint density at radius 3 is 2.14 bits per heavy atom. The third-order valence-corrected chi connectivity index (χ3v) is 4.20. The quantitative estimate of drug-likeness (QED) is 0.454. The van der Waals surface area contributed by atoms with Crippen molar-refractivity contribution in [2.45, 2.75) is 57.7 Å². The van der Waals surface area contributed by atoms with Crippen molar-refractivity contribution < 1.29 is 10.0 Å². The number of alkyl halides is 1. The zero-order chi connectivity index (χ0) is 16.4. The van der Waals surface area contributed by atoms with E-state index in [9.17, 15) is 14.9 Å². The van der Waals surface area contributed by atoms with Crippen molar-refractivity contribution in [2.75, 3.05) is 19.5 Å². The number of hydrogen-bond acceptors (Lipinski definition) is 4. The molecule has 2 amide bonds. The average Bonchev–Trinajstić information content (AvgIpc) is 2.39. The Balaban J connectivity index is 2.89. The SMILES string of the molecule is CN(C(=O)N(CCCl)N=O)C1CC(C)(C)N([O])C(C)(C)C1. The molecule has 0 atom stereocenters. The van der Waals surface area contributed by atoms with Crippen LogP contribution in [0.3, 0.4) is 0 Å². The van der Waals surface area contributed by atoms with Crippen LogP contribution in [0, 0.1) is 4.91 Å². The Hall–Kier alpha value is -0.920.